The number of piperidine rings is 1. The number of benzene rings is 1. The fourth-order valence-corrected chi connectivity index (χ4v) is 6.04. The summed E-state index contributed by atoms with van der Waals surface area (Å²) in [6, 6.07) is 10.0. The molecule has 0 spiro atoms. The Morgan fingerprint density at radius 1 is 1.16 bits per heavy atom. The number of sulfonamides is 1. The summed E-state index contributed by atoms with van der Waals surface area (Å²) in [6.45, 7) is 4.35. The molecule has 1 N–H and O–H groups in total. The van der Waals surface area contributed by atoms with Crippen LogP contribution in [0.25, 0.3) is 11.1 Å². The molecule has 164 valence electrons. The molecule has 0 unspecified atom stereocenters. The maximum absolute atomic E-state index is 13.4. The zero-order valence-corrected chi connectivity index (χ0v) is 19.1. The van der Waals surface area contributed by atoms with E-state index in [0.717, 1.165) is 29.7 Å². The zero-order valence-electron chi connectivity index (χ0n) is 18.3. The lowest BCUT2D eigenvalue weighted by Crippen LogP contribution is -2.39. The first-order valence-electron chi connectivity index (χ1n) is 10.4. The van der Waals surface area contributed by atoms with Crippen molar-refractivity contribution < 1.29 is 8.42 Å². The van der Waals surface area contributed by atoms with Gasteiger partial charge in [-0.2, -0.15) is 9.40 Å². The molecule has 1 saturated heterocycles. The van der Waals surface area contributed by atoms with Crippen molar-refractivity contribution in [2.75, 3.05) is 32.1 Å². The maximum Gasteiger partial charge on any atom is 0.246 e. The van der Waals surface area contributed by atoms with Crippen molar-refractivity contribution in [2.24, 2.45) is 0 Å². The molecule has 2 aromatic heterocycles. The highest BCUT2D eigenvalue weighted by Crippen LogP contribution is 2.36. The number of hydrogen-bond acceptors (Lipinski definition) is 6. The monoisotopic (exact) mass is 440 g/mol. The summed E-state index contributed by atoms with van der Waals surface area (Å²) >= 11 is 0. The topological polar surface area (TPSA) is 95.1 Å². The van der Waals surface area contributed by atoms with Crippen LogP contribution in [-0.2, 0) is 10.0 Å². The van der Waals surface area contributed by atoms with E-state index in [1.54, 1.807) is 18.2 Å². The highest BCUT2D eigenvalue weighted by molar-refractivity contribution is 7.89. The van der Waals surface area contributed by atoms with Crippen LogP contribution in [-0.4, -0.2) is 60.1 Å². The smallest absolute Gasteiger partial charge is 0.246 e. The van der Waals surface area contributed by atoms with Crippen LogP contribution in [0.1, 0.15) is 35.8 Å². The molecule has 4 rings (SSSR count). The van der Waals surface area contributed by atoms with E-state index in [4.69, 9.17) is 4.98 Å². The SMILES string of the molecule is Cc1n[nH]c(C)c1S(=O)(=O)N1CCC[C@@H](c2nc(N(C)C)ncc2-c2ccccc2)C1. The van der Waals surface area contributed by atoms with Crippen molar-refractivity contribution in [3.05, 3.63) is 53.6 Å². The van der Waals surface area contributed by atoms with Gasteiger partial charge >= 0.3 is 0 Å². The average Bonchev–Trinajstić information content (AvgIpc) is 3.12. The molecule has 8 nitrogen and oxygen atoms in total. The van der Waals surface area contributed by atoms with Crippen LogP contribution >= 0.6 is 0 Å². The van der Waals surface area contributed by atoms with E-state index in [-0.39, 0.29) is 10.8 Å². The lowest BCUT2D eigenvalue weighted by Gasteiger charge is -2.32. The summed E-state index contributed by atoms with van der Waals surface area (Å²) in [7, 11) is 0.173. The van der Waals surface area contributed by atoms with E-state index in [9.17, 15) is 8.42 Å². The molecule has 3 aromatic rings. The molecule has 3 heterocycles. The minimum atomic E-state index is -3.64. The molecule has 1 fully saturated rings. The van der Waals surface area contributed by atoms with Gasteiger partial charge in [0, 0.05) is 44.9 Å². The molecule has 9 heteroatoms. The van der Waals surface area contributed by atoms with Gasteiger partial charge in [-0.15, -0.1) is 0 Å². The highest BCUT2D eigenvalue weighted by atomic mass is 32.2. The number of nitrogens with one attached hydrogen (secondary N) is 1. The predicted molar refractivity (Wildman–Crippen MR) is 121 cm³/mol. The third-order valence-corrected chi connectivity index (χ3v) is 7.85. The molecule has 0 radical (unpaired) electrons. The van der Waals surface area contributed by atoms with Gasteiger partial charge < -0.3 is 4.90 Å². The summed E-state index contributed by atoms with van der Waals surface area (Å²) in [5.74, 6) is 0.601. The molecule has 0 amide bonds. The molecular weight excluding hydrogens is 412 g/mol. The molecule has 0 aliphatic carbocycles. The minimum Gasteiger partial charge on any atom is -0.347 e. The maximum atomic E-state index is 13.4. The van der Waals surface area contributed by atoms with Gasteiger partial charge in [-0.05, 0) is 32.3 Å². The number of aryl methyl sites for hydroxylation is 2. The Kier molecular flexibility index (Phi) is 5.81. The lowest BCUT2D eigenvalue weighted by atomic mass is 9.91. The Morgan fingerprint density at radius 3 is 2.55 bits per heavy atom. The molecule has 1 aliphatic rings. The molecule has 0 bridgehead atoms. The predicted octanol–water partition coefficient (Wildman–Crippen LogP) is 3.12. The van der Waals surface area contributed by atoms with Crippen LogP contribution in [0.5, 0.6) is 0 Å². The van der Waals surface area contributed by atoms with E-state index in [0.29, 0.717) is 30.4 Å². The van der Waals surface area contributed by atoms with Gasteiger partial charge in [0.05, 0.1) is 17.1 Å². The van der Waals surface area contributed by atoms with Gasteiger partial charge in [-0.25, -0.2) is 18.4 Å². The number of H-pyrrole nitrogens is 1. The Morgan fingerprint density at radius 2 is 1.90 bits per heavy atom. The quantitative estimate of drug-likeness (QED) is 0.655. The van der Waals surface area contributed by atoms with E-state index in [1.807, 2.05) is 55.5 Å². The first kappa shape index (κ1) is 21.5. The molecule has 31 heavy (non-hydrogen) atoms. The van der Waals surface area contributed by atoms with Crippen LogP contribution in [0.15, 0.2) is 41.4 Å². The van der Waals surface area contributed by atoms with Gasteiger partial charge in [-0.1, -0.05) is 30.3 Å². The van der Waals surface area contributed by atoms with Crippen LogP contribution in [0.4, 0.5) is 5.95 Å². The van der Waals surface area contributed by atoms with Crippen molar-refractivity contribution in [1.82, 2.24) is 24.5 Å². The first-order chi connectivity index (χ1) is 14.8. The Bertz CT molecular complexity index is 1150. The standard InChI is InChI=1S/C22H28N6O2S/c1-15-21(16(2)26-25-15)31(29,30)28-12-8-11-18(14-28)20-19(17-9-6-5-7-10-17)13-23-22(24-20)27(3)4/h5-7,9-10,13,18H,8,11-12,14H2,1-4H3,(H,25,26)/t18-/m1/s1. The van der Waals surface area contributed by atoms with Gasteiger partial charge in [0.15, 0.2) is 0 Å². The van der Waals surface area contributed by atoms with Crippen LogP contribution in [0, 0.1) is 13.8 Å². The second-order valence-electron chi connectivity index (χ2n) is 8.19. The Balaban J connectivity index is 1.74. The molecule has 1 atom stereocenters. The third kappa shape index (κ3) is 4.07. The number of aromatic nitrogens is 4. The summed E-state index contributed by atoms with van der Waals surface area (Å²) in [6.07, 6.45) is 3.50. The number of anilines is 1. The number of rotatable bonds is 5. The van der Waals surface area contributed by atoms with Gasteiger partial charge in [0.25, 0.3) is 0 Å². The van der Waals surface area contributed by atoms with Crippen molar-refractivity contribution in [3.8, 4) is 11.1 Å². The molecule has 0 saturated carbocycles. The molecule has 1 aliphatic heterocycles. The normalized spacial score (nSPS) is 17.6. The number of hydrogen-bond donors (Lipinski definition) is 1. The second-order valence-corrected chi connectivity index (χ2v) is 10.1. The summed E-state index contributed by atoms with van der Waals surface area (Å²) in [5, 5.41) is 6.88. The minimum absolute atomic E-state index is 0.0204. The summed E-state index contributed by atoms with van der Waals surface area (Å²) < 4.78 is 28.4. The highest BCUT2D eigenvalue weighted by Gasteiger charge is 2.35. The fraction of sp³-hybridized carbons (Fsp3) is 0.409. The molecular formula is C22H28N6O2S. The fourth-order valence-electron chi connectivity index (χ4n) is 4.19. The van der Waals surface area contributed by atoms with Crippen LogP contribution < -0.4 is 4.90 Å². The van der Waals surface area contributed by atoms with Crippen LogP contribution in [0.2, 0.25) is 0 Å². The molecule has 1 aromatic carbocycles. The Labute approximate surface area is 183 Å². The van der Waals surface area contributed by atoms with Crippen molar-refractivity contribution in [2.45, 2.75) is 37.5 Å². The van der Waals surface area contributed by atoms with Crippen LogP contribution in [0.3, 0.4) is 0 Å². The zero-order chi connectivity index (χ0) is 22.2. The van der Waals surface area contributed by atoms with E-state index >= 15 is 0 Å². The van der Waals surface area contributed by atoms with Gasteiger partial charge in [-0.3, -0.25) is 5.10 Å². The van der Waals surface area contributed by atoms with E-state index in [1.165, 1.54) is 0 Å². The summed E-state index contributed by atoms with van der Waals surface area (Å²) in [5.41, 5.74) is 3.95. The average molecular weight is 441 g/mol. The van der Waals surface area contributed by atoms with E-state index in [2.05, 4.69) is 15.2 Å². The lowest BCUT2D eigenvalue weighted by molar-refractivity contribution is 0.312. The summed E-state index contributed by atoms with van der Waals surface area (Å²) in [4.78, 5) is 11.5. The van der Waals surface area contributed by atoms with Crippen molar-refractivity contribution in [3.63, 3.8) is 0 Å². The second kappa shape index (κ2) is 8.39. The number of nitrogens with zero attached hydrogens (tertiary/aromatic N) is 5. The van der Waals surface area contributed by atoms with Gasteiger partial charge in [0.1, 0.15) is 4.90 Å². The van der Waals surface area contributed by atoms with Gasteiger partial charge in [0.2, 0.25) is 16.0 Å². The largest absolute Gasteiger partial charge is 0.347 e. The van der Waals surface area contributed by atoms with Crippen molar-refractivity contribution in [1.29, 1.82) is 0 Å². The third-order valence-electron chi connectivity index (χ3n) is 5.72. The van der Waals surface area contributed by atoms with E-state index < -0.39 is 10.0 Å². The number of aromatic amines is 1. The Hall–Kier alpha value is -2.78. The first-order valence-corrected chi connectivity index (χ1v) is 11.8. The van der Waals surface area contributed by atoms with Crippen molar-refractivity contribution >= 4 is 16.0 Å².